The molecule has 0 bridgehead atoms. The lowest BCUT2D eigenvalue weighted by Crippen LogP contribution is -2.26. The van der Waals surface area contributed by atoms with Gasteiger partial charge in [0.05, 0.1) is 11.2 Å². The van der Waals surface area contributed by atoms with Crippen molar-refractivity contribution in [3.63, 3.8) is 0 Å². The number of carbonyl (C=O) groups is 1. The number of hydrogen-bond donors (Lipinski definition) is 3. The first-order valence-electron chi connectivity index (χ1n) is 9.52. The van der Waals surface area contributed by atoms with E-state index in [1.165, 1.54) is 24.3 Å². The van der Waals surface area contributed by atoms with E-state index in [0.29, 0.717) is 30.8 Å². The van der Waals surface area contributed by atoms with Crippen LogP contribution >= 0.6 is 0 Å². The molecule has 0 aliphatic heterocycles. The summed E-state index contributed by atoms with van der Waals surface area (Å²) < 4.78 is 13.0. The maximum Gasteiger partial charge on any atom is 0.251 e. The number of nitrogens with one attached hydrogen (secondary N) is 1. The second kappa shape index (κ2) is 9.14. The number of nitrogens with two attached hydrogens (primary N) is 2. The Morgan fingerprint density at radius 3 is 2.59 bits per heavy atom. The van der Waals surface area contributed by atoms with Crippen molar-refractivity contribution in [3.8, 4) is 0 Å². The van der Waals surface area contributed by atoms with Gasteiger partial charge in [0.25, 0.3) is 5.91 Å². The fourth-order valence-electron chi connectivity index (χ4n) is 3.08. The molecule has 3 aromatic rings. The average Bonchev–Trinajstić information content (AvgIpc) is 2.72. The first kappa shape index (κ1) is 20.3. The molecule has 3 rings (SSSR count). The fraction of sp³-hybridized carbons (Fsp3) is 0.227. The summed E-state index contributed by atoms with van der Waals surface area (Å²) in [5, 5.41) is 3.72. The lowest BCUT2D eigenvalue weighted by molar-refractivity contribution is 0.0954. The third-order valence-corrected chi connectivity index (χ3v) is 4.53. The number of pyridine rings is 1. The highest BCUT2D eigenvalue weighted by molar-refractivity contribution is 6.15. The largest absolute Gasteiger partial charge is 0.395 e. The van der Waals surface area contributed by atoms with Gasteiger partial charge < -0.3 is 16.8 Å². The summed E-state index contributed by atoms with van der Waals surface area (Å²) in [5.74, 6) is -0.390. The highest BCUT2D eigenvalue weighted by atomic mass is 19.1. The monoisotopic (exact) mass is 393 g/mol. The highest BCUT2D eigenvalue weighted by Gasteiger charge is 2.16. The predicted octanol–water partition coefficient (Wildman–Crippen LogP) is 3.56. The van der Waals surface area contributed by atoms with E-state index in [-0.39, 0.29) is 17.5 Å². The van der Waals surface area contributed by atoms with Gasteiger partial charge in [0.1, 0.15) is 11.6 Å². The van der Waals surface area contributed by atoms with Gasteiger partial charge in [-0.1, -0.05) is 25.1 Å². The van der Waals surface area contributed by atoms with Gasteiger partial charge in [0.2, 0.25) is 0 Å². The molecule has 1 aromatic heterocycles. The number of nitrogen functional groups attached to an aromatic ring is 2. The van der Waals surface area contributed by atoms with Crippen LogP contribution in [0.2, 0.25) is 0 Å². The van der Waals surface area contributed by atoms with Gasteiger partial charge >= 0.3 is 0 Å². The lowest BCUT2D eigenvalue weighted by Gasteiger charge is -2.15. The number of anilines is 2. The number of aliphatic imine (C=N–C) groups is 1. The number of amides is 1. The smallest absolute Gasteiger partial charge is 0.251 e. The molecular formula is C22H24FN5O. The summed E-state index contributed by atoms with van der Waals surface area (Å²) in [6, 6.07) is 13.0. The van der Waals surface area contributed by atoms with Crippen LogP contribution < -0.4 is 16.8 Å². The third-order valence-electron chi connectivity index (χ3n) is 4.53. The van der Waals surface area contributed by atoms with E-state index in [2.05, 4.69) is 10.3 Å². The number of aromatic nitrogens is 1. The maximum atomic E-state index is 13.0. The van der Waals surface area contributed by atoms with Gasteiger partial charge in [-0.25, -0.2) is 9.37 Å². The summed E-state index contributed by atoms with van der Waals surface area (Å²) >= 11 is 0. The number of hydrogen-bond acceptors (Lipinski definition) is 5. The summed E-state index contributed by atoms with van der Waals surface area (Å²) in [4.78, 5) is 21.3. The summed E-state index contributed by atoms with van der Waals surface area (Å²) in [7, 11) is 0. The first-order chi connectivity index (χ1) is 14.0. The van der Waals surface area contributed by atoms with Crippen LogP contribution in [-0.2, 0) is 0 Å². The van der Waals surface area contributed by atoms with Crippen molar-refractivity contribution in [1.29, 1.82) is 0 Å². The zero-order chi connectivity index (χ0) is 20.8. The van der Waals surface area contributed by atoms with E-state index in [1.54, 1.807) is 0 Å². The van der Waals surface area contributed by atoms with Crippen LogP contribution in [0.5, 0.6) is 0 Å². The van der Waals surface area contributed by atoms with E-state index in [9.17, 15) is 9.18 Å². The molecule has 0 atom stereocenters. The fourth-order valence-corrected chi connectivity index (χ4v) is 3.08. The molecule has 5 N–H and O–H groups in total. The number of halogens is 1. The summed E-state index contributed by atoms with van der Waals surface area (Å²) in [6.45, 7) is 3.03. The molecule has 6 nitrogen and oxygen atoms in total. The van der Waals surface area contributed by atoms with Crippen LogP contribution in [0.4, 0.5) is 15.9 Å². The molecule has 0 spiro atoms. The van der Waals surface area contributed by atoms with Gasteiger partial charge in [0, 0.05) is 41.7 Å². The second-order valence-corrected chi connectivity index (χ2v) is 6.64. The number of benzene rings is 2. The topological polar surface area (TPSA) is 106 Å². The van der Waals surface area contributed by atoms with Gasteiger partial charge in [-0.3, -0.25) is 9.79 Å². The SMILES string of the molecule is CCCN=C(CCNC(=O)c1ccc(F)cc1)c1c(N)c(N)nc2ccccc12. The minimum absolute atomic E-state index is 0.262. The van der Waals surface area contributed by atoms with E-state index >= 15 is 0 Å². The van der Waals surface area contributed by atoms with E-state index in [0.717, 1.165) is 28.6 Å². The van der Waals surface area contributed by atoms with Crippen molar-refractivity contribution in [2.75, 3.05) is 24.6 Å². The maximum absolute atomic E-state index is 13.0. The van der Waals surface area contributed by atoms with Gasteiger partial charge in [-0.05, 0) is 36.8 Å². The Kier molecular flexibility index (Phi) is 6.39. The molecule has 1 amide bonds. The number of fused-ring (bicyclic) bond motifs is 1. The summed E-state index contributed by atoms with van der Waals surface area (Å²) in [6.07, 6.45) is 1.36. The standard InChI is InChI=1S/C22H24FN5O/c1-2-12-26-18(11-13-27-22(29)14-7-9-15(23)10-8-14)19-16-5-3-4-6-17(16)28-21(25)20(19)24/h3-10H,2,11-13,24H2,1H3,(H2,25,28)(H,27,29). The molecule has 0 saturated heterocycles. The molecule has 2 aromatic carbocycles. The van der Waals surface area contributed by atoms with Crippen molar-refractivity contribution in [2.24, 2.45) is 4.99 Å². The number of carbonyl (C=O) groups excluding carboxylic acids is 1. The van der Waals surface area contributed by atoms with Gasteiger partial charge in [-0.2, -0.15) is 0 Å². The van der Waals surface area contributed by atoms with Crippen LogP contribution in [0.3, 0.4) is 0 Å². The van der Waals surface area contributed by atoms with Gasteiger partial charge in [0.15, 0.2) is 0 Å². The van der Waals surface area contributed by atoms with Crippen molar-refractivity contribution < 1.29 is 9.18 Å². The molecule has 0 fully saturated rings. The molecule has 0 unspecified atom stereocenters. The van der Waals surface area contributed by atoms with Crippen LogP contribution in [0, 0.1) is 5.82 Å². The van der Waals surface area contributed by atoms with Crippen molar-refractivity contribution in [1.82, 2.24) is 10.3 Å². The third kappa shape index (κ3) is 4.68. The van der Waals surface area contributed by atoms with Gasteiger partial charge in [-0.15, -0.1) is 0 Å². The predicted molar refractivity (Wildman–Crippen MR) is 116 cm³/mol. The molecule has 0 aliphatic rings. The molecule has 150 valence electrons. The van der Waals surface area contributed by atoms with E-state index in [1.807, 2.05) is 31.2 Å². The van der Waals surface area contributed by atoms with Crippen LogP contribution in [0.1, 0.15) is 35.7 Å². The Hall–Kier alpha value is -3.48. The van der Waals surface area contributed by atoms with Crippen LogP contribution in [0.15, 0.2) is 53.5 Å². The van der Waals surface area contributed by atoms with Crippen molar-refractivity contribution in [3.05, 3.63) is 65.5 Å². The Bertz CT molecular complexity index is 1050. The minimum Gasteiger partial charge on any atom is -0.395 e. The lowest BCUT2D eigenvalue weighted by atomic mass is 9.99. The second-order valence-electron chi connectivity index (χ2n) is 6.64. The minimum atomic E-state index is -0.381. The van der Waals surface area contributed by atoms with E-state index in [4.69, 9.17) is 16.5 Å². The highest BCUT2D eigenvalue weighted by Crippen LogP contribution is 2.28. The van der Waals surface area contributed by atoms with E-state index < -0.39 is 0 Å². The molecule has 0 saturated carbocycles. The summed E-state index contributed by atoms with van der Waals surface area (Å²) in [5.41, 5.74) is 15.4. The normalized spacial score (nSPS) is 11.6. The van der Waals surface area contributed by atoms with Crippen LogP contribution in [0.25, 0.3) is 10.9 Å². The van der Waals surface area contributed by atoms with Crippen molar-refractivity contribution in [2.45, 2.75) is 19.8 Å². The molecule has 1 heterocycles. The first-order valence-corrected chi connectivity index (χ1v) is 9.52. The molecule has 29 heavy (non-hydrogen) atoms. The number of rotatable bonds is 7. The Balaban J connectivity index is 1.84. The Morgan fingerprint density at radius 1 is 1.14 bits per heavy atom. The molecule has 0 radical (unpaired) electrons. The molecule has 7 heteroatoms. The average molecular weight is 393 g/mol. The van der Waals surface area contributed by atoms with Crippen molar-refractivity contribution >= 4 is 34.0 Å². The van der Waals surface area contributed by atoms with Crippen LogP contribution in [-0.4, -0.2) is 29.7 Å². The number of para-hydroxylation sites is 1. The molecule has 0 aliphatic carbocycles. The Labute approximate surface area is 168 Å². The zero-order valence-corrected chi connectivity index (χ0v) is 16.3. The quantitative estimate of drug-likeness (QED) is 0.534. The number of nitrogens with zero attached hydrogens (tertiary/aromatic N) is 2. The Morgan fingerprint density at radius 2 is 1.86 bits per heavy atom. The molecular weight excluding hydrogens is 369 g/mol. The zero-order valence-electron chi connectivity index (χ0n) is 16.3.